The number of anilines is 1. The van der Waals surface area contributed by atoms with Gasteiger partial charge in [-0.05, 0) is 26.0 Å². The third-order valence-electron chi connectivity index (χ3n) is 4.78. The van der Waals surface area contributed by atoms with Gasteiger partial charge in [-0.1, -0.05) is 22.9 Å². The molecular formula is C17H21N7O2S. The quantitative estimate of drug-likeness (QED) is 0.660. The molecule has 1 aliphatic rings. The van der Waals surface area contributed by atoms with E-state index in [0.717, 1.165) is 5.56 Å². The molecule has 1 aromatic carbocycles. The monoisotopic (exact) mass is 387 g/mol. The second kappa shape index (κ2) is 6.86. The molecule has 10 heteroatoms. The van der Waals surface area contributed by atoms with Crippen molar-refractivity contribution >= 4 is 27.0 Å². The number of hydrogen-bond acceptors (Lipinski definition) is 7. The molecule has 0 N–H and O–H groups in total. The van der Waals surface area contributed by atoms with Crippen LogP contribution < -0.4 is 4.90 Å². The lowest BCUT2D eigenvalue weighted by Crippen LogP contribution is -2.49. The Morgan fingerprint density at radius 3 is 2.41 bits per heavy atom. The van der Waals surface area contributed by atoms with E-state index in [1.807, 2.05) is 30.9 Å². The Labute approximate surface area is 157 Å². The van der Waals surface area contributed by atoms with Gasteiger partial charge in [-0.15, -0.1) is 5.10 Å². The van der Waals surface area contributed by atoms with Crippen LogP contribution in [0.25, 0.3) is 11.2 Å². The van der Waals surface area contributed by atoms with Crippen molar-refractivity contribution < 1.29 is 8.42 Å². The van der Waals surface area contributed by atoms with E-state index in [9.17, 15) is 8.42 Å². The number of sulfonamides is 1. The van der Waals surface area contributed by atoms with E-state index in [1.165, 1.54) is 10.6 Å². The smallest absolute Gasteiger partial charge is 0.243 e. The van der Waals surface area contributed by atoms with Crippen LogP contribution >= 0.6 is 0 Å². The lowest BCUT2D eigenvalue weighted by atomic mass is 10.2. The Bertz CT molecular complexity index is 1050. The zero-order valence-electron chi connectivity index (χ0n) is 15.3. The Kier molecular flexibility index (Phi) is 4.52. The fourth-order valence-electron chi connectivity index (χ4n) is 3.22. The Morgan fingerprint density at radius 2 is 1.74 bits per heavy atom. The molecule has 4 rings (SSSR count). The van der Waals surface area contributed by atoms with Crippen LogP contribution in [-0.4, -0.2) is 63.9 Å². The summed E-state index contributed by atoms with van der Waals surface area (Å²) in [6, 6.07) is 6.96. The van der Waals surface area contributed by atoms with Crippen molar-refractivity contribution in [1.82, 2.24) is 29.3 Å². The van der Waals surface area contributed by atoms with Gasteiger partial charge in [-0.25, -0.2) is 23.1 Å². The summed E-state index contributed by atoms with van der Waals surface area (Å²) >= 11 is 0. The number of hydrogen-bond donors (Lipinski definition) is 0. The zero-order chi connectivity index (χ0) is 19.0. The van der Waals surface area contributed by atoms with Gasteiger partial charge in [-0.3, -0.25) is 0 Å². The summed E-state index contributed by atoms with van der Waals surface area (Å²) in [7, 11) is -3.48. The van der Waals surface area contributed by atoms with Gasteiger partial charge in [0.15, 0.2) is 17.0 Å². The largest absolute Gasteiger partial charge is 0.352 e. The van der Waals surface area contributed by atoms with Crippen LogP contribution in [0.5, 0.6) is 0 Å². The van der Waals surface area contributed by atoms with Gasteiger partial charge in [0.2, 0.25) is 10.0 Å². The highest BCUT2D eigenvalue weighted by molar-refractivity contribution is 7.89. The summed E-state index contributed by atoms with van der Waals surface area (Å²) in [6.45, 7) is 6.45. The standard InChI is InChI=1S/C17H21N7O2S/c1-3-24-17-15(20-21-24)16(18-12-19-17)22-8-10-23(11-9-22)27(25,26)14-6-4-13(2)5-7-14/h4-7,12H,3,8-11H2,1-2H3. The average Bonchev–Trinajstić information content (AvgIpc) is 3.12. The third-order valence-corrected chi connectivity index (χ3v) is 6.69. The lowest BCUT2D eigenvalue weighted by Gasteiger charge is -2.34. The Morgan fingerprint density at radius 1 is 1.04 bits per heavy atom. The van der Waals surface area contributed by atoms with E-state index in [4.69, 9.17) is 0 Å². The van der Waals surface area contributed by atoms with Gasteiger partial charge in [0.1, 0.15) is 6.33 Å². The van der Waals surface area contributed by atoms with Crippen LogP contribution in [0.4, 0.5) is 5.82 Å². The van der Waals surface area contributed by atoms with Crippen LogP contribution in [-0.2, 0) is 16.6 Å². The van der Waals surface area contributed by atoms with Gasteiger partial charge < -0.3 is 4.90 Å². The summed E-state index contributed by atoms with van der Waals surface area (Å²) in [5, 5.41) is 8.30. The first-order valence-electron chi connectivity index (χ1n) is 8.86. The molecule has 0 unspecified atom stereocenters. The minimum Gasteiger partial charge on any atom is -0.352 e. The van der Waals surface area contributed by atoms with Crippen molar-refractivity contribution in [3.05, 3.63) is 36.2 Å². The van der Waals surface area contributed by atoms with Gasteiger partial charge in [0, 0.05) is 32.7 Å². The maximum Gasteiger partial charge on any atom is 0.243 e. The molecule has 0 spiro atoms. The summed E-state index contributed by atoms with van der Waals surface area (Å²) < 4.78 is 28.9. The van der Waals surface area contributed by atoms with E-state index < -0.39 is 10.0 Å². The van der Waals surface area contributed by atoms with Crippen molar-refractivity contribution in [3.8, 4) is 0 Å². The Balaban J connectivity index is 1.54. The SMILES string of the molecule is CCn1nnc2c(N3CCN(S(=O)(=O)c4ccc(C)cc4)CC3)ncnc21. The van der Waals surface area contributed by atoms with Gasteiger partial charge in [-0.2, -0.15) is 4.31 Å². The summed E-state index contributed by atoms with van der Waals surface area (Å²) in [5.74, 6) is 0.701. The molecule has 3 heterocycles. The molecular weight excluding hydrogens is 366 g/mol. The fraction of sp³-hybridized carbons (Fsp3) is 0.412. The maximum atomic E-state index is 12.9. The van der Waals surface area contributed by atoms with Gasteiger partial charge in [0.25, 0.3) is 0 Å². The van der Waals surface area contributed by atoms with Crippen LogP contribution in [0.2, 0.25) is 0 Å². The first-order valence-corrected chi connectivity index (χ1v) is 10.3. The Hall–Kier alpha value is -2.59. The minimum atomic E-state index is -3.48. The minimum absolute atomic E-state index is 0.330. The molecule has 0 amide bonds. The number of piperazine rings is 1. The van der Waals surface area contributed by atoms with Crippen molar-refractivity contribution in [2.75, 3.05) is 31.1 Å². The van der Waals surface area contributed by atoms with Gasteiger partial charge in [0.05, 0.1) is 4.90 Å². The number of rotatable bonds is 4. The van der Waals surface area contributed by atoms with Crippen LogP contribution in [0.3, 0.4) is 0 Å². The molecule has 1 aliphatic heterocycles. The molecule has 0 atom stereocenters. The first kappa shape index (κ1) is 17.8. The zero-order valence-corrected chi connectivity index (χ0v) is 16.1. The second-order valence-corrected chi connectivity index (χ2v) is 8.42. The van der Waals surface area contributed by atoms with E-state index >= 15 is 0 Å². The number of aromatic nitrogens is 5. The third kappa shape index (κ3) is 3.15. The van der Waals surface area contributed by atoms with Gasteiger partial charge >= 0.3 is 0 Å². The molecule has 0 radical (unpaired) electrons. The molecule has 1 saturated heterocycles. The molecule has 27 heavy (non-hydrogen) atoms. The molecule has 0 bridgehead atoms. The molecule has 2 aromatic heterocycles. The van der Waals surface area contributed by atoms with Crippen molar-refractivity contribution in [3.63, 3.8) is 0 Å². The van der Waals surface area contributed by atoms with Crippen molar-refractivity contribution in [2.45, 2.75) is 25.3 Å². The number of fused-ring (bicyclic) bond motifs is 1. The molecule has 0 saturated carbocycles. The number of aryl methyl sites for hydroxylation is 2. The van der Waals surface area contributed by atoms with E-state index in [-0.39, 0.29) is 0 Å². The predicted molar refractivity (Wildman–Crippen MR) is 101 cm³/mol. The highest BCUT2D eigenvalue weighted by Gasteiger charge is 2.30. The van der Waals surface area contributed by atoms with Crippen LogP contribution in [0, 0.1) is 6.92 Å². The predicted octanol–water partition coefficient (Wildman–Crippen LogP) is 1.06. The molecule has 9 nitrogen and oxygen atoms in total. The highest BCUT2D eigenvalue weighted by Crippen LogP contribution is 2.24. The van der Waals surface area contributed by atoms with E-state index in [1.54, 1.807) is 16.8 Å². The summed E-state index contributed by atoms with van der Waals surface area (Å²) in [6.07, 6.45) is 1.50. The lowest BCUT2D eigenvalue weighted by molar-refractivity contribution is 0.384. The maximum absolute atomic E-state index is 12.9. The highest BCUT2D eigenvalue weighted by atomic mass is 32.2. The number of nitrogens with zero attached hydrogens (tertiary/aromatic N) is 7. The van der Waals surface area contributed by atoms with E-state index in [2.05, 4.69) is 20.3 Å². The first-order chi connectivity index (χ1) is 13.0. The van der Waals surface area contributed by atoms with Crippen molar-refractivity contribution in [1.29, 1.82) is 0 Å². The fourth-order valence-corrected chi connectivity index (χ4v) is 4.65. The molecule has 3 aromatic rings. The van der Waals surface area contributed by atoms with Crippen LogP contribution in [0.1, 0.15) is 12.5 Å². The van der Waals surface area contributed by atoms with Crippen molar-refractivity contribution in [2.24, 2.45) is 0 Å². The summed E-state index contributed by atoms with van der Waals surface area (Å²) in [4.78, 5) is 11.0. The molecule has 142 valence electrons. The topological polar surface area (TPSA) is 97.1 Å². The second-order valence-electron chi connectivity index (χ2n) is 6.48. The van der Waals surface area contributed by atoms with E-state index in [0.29, 0.717) is 54.6 Å². The average molecular weight is 387 g/mol. The normalized spacial score (nSPS) is 16.1. The van der Waals surface area contributed by atoms with Crippen LogP contribution in [0.15, 0.2) is 35.5 Å². The molecule has 1 fully saturated rings. The summed E-state index contributed by atoms with van der Waals surface area (Å²) in [5.41, 5.74) is 2.37. The molecule has 0 aliphatic carbocycles. The number of benzene rings is 1.